The number of hydrogen-bond donors (Lipinski definition) is 1. The molecule has 1 aliphatic rings. The summed E-state index contributed by atoms with van der Waals surface area (Å²) in [5.41, 5.74) is 1.19. The van der Waals surface area contributed by atoms with Gasteiger partial charge in [0, 0.05) is 6.04 Å². The van der Waals surface area contributed by atoms with Crippen molar-refractivity contribution in [3.05, 3.63) is 17.2 Å². The van der Waals surface area contributed by atoms with Crippen molar-refractivity contribution in [2.45, 2.75) is 45.6 Å². The number of nitrogens with one attached hydrogen (secondary N) is 1. The summed E-state index contributed by atoms with van der Waals surface area (Å²) in [5, 5.41) is 3.41. The lowest BCUT2D eigenvalue weighted by atomic mass is 9.99. The monoisotopic (exact) mass is 252 g/mol. The van der Waals surface area contributed by atoms with Crippen molar-refractivity contribution in [1.29, 1.82) is 0 Å². The molecule has 1 aliphatic carbocycles. The summed E-state index contributed by atoms with van der Waals surface area (Å²) in [7, 11) is 0. The first-order valence-electron chi connectivity index (χ1n) is 6.02. The van der Waals surface area contributed by atoms with E-state index in [1.54, 1.807) is 0 Å². The van der Waals surface area contributed by atoms with Crippen LogP contribution in [0, 0.1) is 0 Å². The quantitative estimate of drug-likeness (QED) is 0.897. The third kappa shape index (κ3) is 3.40. The Labute approximate surface area is 107 Å². The topological polar surface area (TPSA) is 50.7 Å². The lowest BCUT2D eigenvalue weighted by molar-refractivity contribution is 0.735. The molecule has 0 fully saturated rings. The van der Waals surface area contributed by atoms with Gasteiger partial charge in [0.1, 0.15) is 0 Å². The third-order valence-corrected chi connectivity index (χ3v) is 2.77. The Morgan fingerprint density at radius 1 is 1.24 bits per heavy atom. The number of allylic oxidation sites excluding steroid dienone is 2. The van der Waals surface area contributed by atoms with Crippen molar-refractivity contribution in [3.63, 3.8) is 0 Å². The van der Waals surface area contributed by atoms with Gasteiger partial charge < -0.3 is 5.32 Å². The molecule has 5 heteroatoms. The molecule has 1 aromatic rings. The molecule has 0 atom stereocenters. The van der Waals surface area contributed by atoms with Crippen LogP contribution in [0.4, 0.5) is 5.95 Å². The standard InChI is InChI=1S/C12H17ClN4/c1-8(2)14-12-16-10(15-11(13)17-12)9-6-4-3-5-7-9/h6,8H,3-5,7H2,1-2H3,(H,14,15,16,17). The Kier molecular flexibility index (Phi) is 3.94. The molecule has 4 nitrogen and oxygen atoms in total. The summed E-state index contributed by atoms with van der Waals surface area (Å²) in [4.78, 5) is 12.7. The van der Waals surface area contributed by atoms with Crippen molar-refractivity contribution in [1.82, 2.24) is 15.0 Å². The van der Waals surface area contributed by atoms with E-state index >= 15 is 0 Å². The highest BCUT2D eigenvalue weighted by atomic mass is 35.5. The molecule has 1 heterocycles. The Balaban J connectivity index is 2.27. The van der Waals surface area contributed by atoms with E-state index in [0.717, 1.165) is 12.8 Å². The maximum Gasteiger partial charge on any atom is 0.227 e. The number of aromatic nitrogens is 3. The molecule has 1 aromatic heterocycles. The highest BCUT2D eigenvalue weighted by Gasteiger charge is 2.12. The second kappa shape index (κ2) is 5.45. The minimum absolute atomic E-state index is 0.254. The van der Waals surface area contributed by atoms with Gasteiger partial charge in [-0.2, -0.15) is 15.0 Å². The molecule has 0 saturated carbocycles. The smallest absolute Gasteiger partial charge is 0.227 e. The fourth-order valence-corrected chi connectivity index (χ4v) is 2.02. The molecular formula is C12H17ClN4. The molecular weight excluding hydrogens is 236 g/mol. The average Bonchev–Trinajstić information content (AvgIpc) is 2.28. The second-order valence-electron chi connectivity index (χ2n) is 4.53. The largest absolute Gasteiger partial charge is 0.352 e. The number of rotatable bonds is 3. The molecule has 0 radical (unpaired) electrons. The molecule has 2 rings (SSSR count). The van der Waals surface area contributed by atoms with Gasteiger partial charge in [-0.05, 0) is 56.7 Å². The summed E-state index contributed by atoms with van der Waals surface area (Å²) in [6.07, 6.45) is 6.78. The van der Waals surface area contributed by atoms with E-state index in [1.165, 1.54) is 18.4 Å². The van der Waals surface area contributed by atoms with E-state index in [2.05, 4.69) is 26.3 Å². The summed E-state index contributed by atoms with van der Waals surface area (Å²) in [6.45, 7) is 4.08. The Hall–Kier alpha value is -1.16. The molecule has 0 aromatic carbocycles. The van der Waals surface area contributed by atoms with Gasteiger partial charge in [0.25, 0.3) is 0 Å². The predicted molar refractivity (Wildman–Crippen MR) is 70.0 cm³/mol. The fourth-order valence-electron chi connectivity index (χ4n) is 1.86. The molecule has 0 bridgehead atoms. The SMILES string of the molecule is CC(C)Nc1nc(Cl)nc(C2=CCCCC2)n1. The third-order valence-electron chi connectivity index (χ3n) is 2.60. The van der Waals surface area contributed by atoms with Crippen molar-refractivity contribution in [2.24, 2.45) is 0 Å². The van der Waals surface area contributed by atoms with E-state index in [0.29, 0.717) is 11.8 Å². The van der Waals surface area contributed by atoms with Gasteiger partial charge >= 0.3 is 0 Å². The Morgan fingerprint density at radius 2 is 2.06 bits per heavy atom. The van der Waals surface area contributed by atoms with Gasteiger partial charge in [0.15, 0.2) is 5.82 Å². The van der Waals surface area contributed by atoms with Crippen LogP contribution in [0.3, 0.4) is 0 Å². The molecule has 0 unspecified atom stereocenters. The minimum atomic E-state index is 0.254. The number of nitrogens with zero attached hydrogens (tertiary/aromatic N) is 3. The summed E-state index contributed by atoms with van der Waals surface area (Å²) >= 11 is 5.92. The maximum atomic E-state index is 5.92. The molecule has 0 spiro atoms. The number of hydrogen-bond acceptors (Lipinski definition) is 4. The zero-order valence-corrected chi connectivity index (χ0v) is 11.0. The van der Waals surface area contributed by atoms with Crippen LogP contribution in [0.2, 0.25) is 5.28 Å². The lowest BCUT2D eigenvalue weighted by Gasteiger charge is -2.13. The van der Waals surface area contributed by atoms with Crippen molar-refractivity contribution < 1.29 is 0 Å². The van der Waals surface area contributed by atoms with Crippen LogP contribution in [0.25, 0.3) is 5.57 Å². The van der Waals surface area contributed by atoms with Gasteiger partial charge in [0.05, 0.1) is 0 Å². The highest BCUT2D eigenvalue weighted by molar-refractivity contribution is 6.28. The number of anilines is 1. The van der Waals surface area contributed by atoms with E-state index in [4.69, 9.17) is 11.6 Å². The molecule has 0 aliphatic heterocycles. The van der Waals surface area contributed by atoms with E-state index in [9.17, 15) is 0 Å². The van der Waals surface area contributed by atoms with Crippen molar-refractivity contribution in [2.75, 3.05) is 5.32 Å². The minimum Gasteiger partial charge on any atom is -0.352 e. The van der Waals surface area contributed by atoms with Crippen LogP contribution >= 0.6 is 11.6 Å². The zero-order valence-electron chi connectivity index (χ0n) is 10.2. The lowest BCUT2D eigenvalue weighted by Crippen LogP contribution is -2.14. The van der Waals surface area contributed by atoms with Crippen LogP contribution in [0.5, 0.6) is 0 Å². The first-order valence-corrected chi connectivity index (χ1v) is 6.40. The zero-order chi connectivity index (χ0) is 12.3. The summed E-state index contributed by atoms with van der Waals surface area (Å²) in [5.74, 6) is 1.27. The van der Waals surface area contributed by atoms with Crippen LogP contribution < -0.4 is 5.32 Å². The van der Waals surface area contributed by atoms with Crippen LogP contribution in [-0.2, 0) is 0 Å². The molecule has 1 N–H and O–H groups in total. The van der Waals surface area contributed by atoms with Gasteiger partial charge in [0.2, 0.25) is 11.2 Å². The van der Waals surface area contributed by atoms with Crippen molar-refractivity contribution >= 4 is 23.1 Å². The first-order chi connectivity index (χ1) is 8.15. The van der Waals surface area contributed by atoms with E-state index in [1.807, 2.05) is 13.8 Å². The van der Waals surface area contributed by atoms with Crippen LogP contribution in [0.15, 0.2) is 6.08 Å². The molecule has 0 amide bonds. The van der Waals surface area contributed by atoms with Crippen LogP contribution in [0.1, 0.15) is 45.4 Å². The van der Waals surface area contributed by atoms with E-state index < -0.39 is 0 Å². The first kappa shape index (κ1) is 12.3. The van der Waals surface area contributed by atoms with Gasteiger partial charge in [-0.1, -0.05) is 6.08 Å². The van der Waals surface area contributed by atoms with Gasteiger partial charge in [-0.15, -0.1) is 0 Å². The Bertz CT molecular complexity index is 429. The second-order valence-corrected chi connectivity index (χ2v) is 4.86. The summed E-state index contributed by atoms with van der Waals surface area (Å²) in [6, 6.07) is 0.279. The fraction of sp³-hybridized carbons (Fsp3) is 0.583. The van der Waals surface area contributed by atoms with Crippen LogP contribution in [-0.4, -0.2) is 21.0 Å². The Morgan fingerprint density at radius 3 is 2.71 bits per heavy atom. The predicted octanol–water partition coefficient (Wildman–Crippen LogP) is 3.30. The normalized spacial score (nSPS) is 15.9. The van der Waals surface area contributed by atoms with Crippen molar-refractivity contribution in [3.8, 4) is 0 Å². The van der Waals surface area contributed by atoms with Gasteiger partial charge in [-0.25, -0.2) is 0 Å². The molecule has 17 heavy (non-hydrogen) atoms. The highest BCUT2D eigenvalue weighted by Crippen LogP contribution is 2.25. The average molecular weight is 253 g/mol. The number of halogens is 1. The maximum absolute atomic E-state index is 5.92. The van der Waals surface area contributed by atoms with E-state index in [-0.39, 0.29) is 11.3 Å². The van der Waals surface area contributed by atoms with Gasteiger partial charge in [-0.3, -0.25) is 0 Å². The molecule has 0 saturated heterocycles. The molecule has 92 valence electrons. The summed E-state index contributed by atoms with van der Waals surface area (Å²) < 4.78 is 0.